The highest BCUT2D eigenvalue weighted by atomic mass is 16.5. The number of carbonyl (C=O) groups is 3. The van der Waals surface area contributed by atoms with Crippen molar-refractivity contribution >= 4 is 17.7 Å². The Hall–Kier alpha value is -3.49. The highest BCUT2D eigenvalue weighted by Crippen LogP contribution is 2.12. The van der Waals surface area contributed by atoms with Gasteiger partial charge in [-0.05, 0) is 48.9 Å². The molecular weight excluding hydrogens is 432 g/mol. The van der Waals surface area contributed by atoms with Crippen molar-refractivity contribution in [1.29, 1.82) is 0 Å². The Morgan fingerprint density at radius 1 is 1.00 bits per heavy atom. The molecule has 2 aromatic rings. The van der Waals surface area contributed by atoms with Crippen LogP contribution in [0.3, 0.4) is 0 Å². The minimum Gasteiger partial charge on any atom is -0.378 e. The van der Waals surface area contributed by atoms with Crippen LogP contribution in [0.25, 0.3) is 0 Å². The molecule has 1 aliphatic heterocycles. The Labute approximate surface area is 199 Å². The SMILES string of the molecule is NC(=O)/C=C(\CCCc1ccccc1)NC(=O)[C@@H](N)Cc1ccc(C(=O)N2CCOCC2)cc1. The van der Waals surface area contributed by atoms with Crippen LogP contribution < -0.4 is 16.8 Å². The molecule has 0 aliphatic carbocycles. The van der Waals surface area contributed by atoms with E-state index in [1.54, 1.807) is 29.2 Å². The summed E-state index contributed by atoms with van der Waals surface area (Å²) in [5, 5.41) is 2.75. The summed E-state index contributed by atoms with van der Waals surface area (Å²) in [5.74, 6) is -1.04. The number of carbonyl (C=O) groups excluding carboxylic acids is 3. The summed E-state index contributed by atoms with van der Waals surface area (Å²) in [6, 6.07) is 16.3. The minimum absolute atomic E-state index is 0.0337. The van der Waals surface area contributed by atoms with E-state index in [0.717, 1.165) is 18.4 Å². The molecule has 1 saturated heterocycles. The number of morpholine rings is 1. The standard InChI is InChI=1S/C26H32N4O4/c27-23(17-20-9-11-21(12-10-20)26(33)30-13-15-34-16-14-30)25(32)29-22(18-24(28)31)8-4-7-19-5-2-1-3-6-19/h1-3,5-6,9-12,18,23H,4,7-8,13-17,27H2,(H2,28,31)(H,29,32)/b22-18+/t23-/m0/s1. The van der Waals surface area contributed by atoms with Gasteiger partial charge in [0.2, 0.25) is 11.8 Å². The van der Waals surface area contributed by atoms with Crippen LogP contribution >= 0.6 is 0 Å². The Morgan fingerprint density at radius 2 is 1.68 bits per heavy atom. The number of benzene rings is 2. The Kier molecular flexibility index (Phi) is 9.37. The van der Waals surface area contributed by atoms with Crippen molar-refractivity contribution in [1.82, 2.24) is 10.2 Å². The summed E-state index contributed by atoms with van der Waals surface area (Å²) in [6.45, 7) is 2.26. The number of hydrogen-bond acceptors (Lipinski definition) is 5. The molecule has 0 unspecified atom stereocenters. The van der Waals surface area contributed by atoms with Gasteiger partial charge in [-0.3, -0.25) is 14.4 Å². The van der Waals surface area contributed by atoms with Crippen molar-refractivity contribution in [3.05, 3.63) is 83.1 Å². The van der Waals surface area contributed by atoms with Crippen LogP contribution in [0.2, 0.25) is 0 Å². The van der Waals surface area contributed by atoms with Crippen molar-refractivity contribution < 1.29 is 19.1 Å². The number of aryl methyl sites for hydroxylation is 1. The van der Waals surface area contributed by atoms with Crippen LogP contribution in [0, 0.1) is 0 Å². The third-order valence-corrected chi connectivity index (χ3v) is 5.65. The largest absolute Gasteiger partial charge is 0.378 e. The highest BCUT2D eigenvalue weighted by Gasteiger charge is 2.19. The quantitative estimate of drug-likeness (QED) is 0.460. The van der Waals surface area contributed by atoms with Gasteiger partial charge < -0.3 is 26.4 Å². The number of nitrogens with two attached hydrogens (primary N) is 2. The Morgan fingerprint density at radius 3 is 2.32 bits per heavy atom. The predicted octanol–water partition coefficient (Wildman–Crippen LogP) is 1.54. The van der Waals surface area contributed by atoms with E-state index in [0.29, 0.717) is 50.4 Å². The highest BCUT2D eigenvalue weighted by molar-refractivity contribution is 5.94. The molecule has 2 aromatic carbocycles. The normalized spacial score (nSPS) is 15.0. The zero-order valence-electron chi connectivity index (χ0n) is 19.2. The number of allylic oxidation sites excluding steroid dienone is 1. The van der Waals surface area contributed by atoms with Gasteiger partial charge in [0.25, 0.3) is 5.91 Å². The van der Waals surface area contributed by atoms with E-state index in [4.69, 9.17) is 16.2 Å². The zero-order valence-corrected chi connectivity index (χ0v) is 19.2. The van der Waals surface area contributed by atoms with Crippen LogP contribution in [0.15, 0.2) is 66.4 Å². The molecule has 1 heterocycles. The van der Waals surface area contributed by atoms with Crippen molar-refractivity contribution in [3.8, 4) is 0 Å². The van der Waals surface area contributed by atoms with Crippen molar-refractivity contribution in [2.24, 2.45) is 11.5 Å². The van der Waals surface area contributed by atoms with Gasteiger partial charge in [-0.1, -0.05) is 42.5 Å². The topological polar surface area (TPSA) is 128 Å². The van der Waals surface area contributed by atoms with Crippen molar-refractivity contribution in [2.75, 3.05) is 26.3 Å². The van der Waals surface area contributed by atoms with E-state index in [1.807, 2.05) is 30.3 Å². The molecule has 5 N–H and O–H groups in total. The van der Waals surface area contributed by atoms with E-state index >= 15 is 0 Å². The van der Waals surface area contributed by atoms with Gasteiger partial charge in [-0.2, -0.15) is 0 Å². The predicted molar refractivity (Wildman–Crippen MR) is 130 cm³/mol. The number of amides is 3. The molecule has 8 heteroatoms. The van der Waals surface area contributed by atoms with Gasteiger partial charge in [0.05, 0.1) is 19.3 Å². The van der Waals surface area contributed by atoms with Crippen LogP contribution in [-0.4, -0.2) is 55.0 Å². The molecule has 8 nitrogen and oxygen atoms in total. The number of nitrogens with one attached hydrogen (secondary N) is 1. The average molecular weight is 465 g/mol. The Balaban J connectivity index is 1.52. The first kappa shape index (κ1) is 25.1. The van der Waals surface area contributed by atoms with Crippen LogP contribution in [-0.2, 0) is 27.2 Å². The fourth-order valence-electron chi connectivity index (χ4n) is 3.80. The minimum atomic E-state index is -0.814. The van der Waals surface area contributed by atoms with Crippen LogP contribution in [0.4, 0.5) is 0 Å². The maximum Gasteiger partial charge on any atom is 0.254 e. The summed E-state index contributed by atoms with van der Waals surface area (Å²) in [6.07, 6.45) is 3.59. The first-order valence-corrected chi connectivity index (χ1v) is 11.5. The molecule has 1 atom stereocenters. The molecule has 3 rings (SSSR count). The van der Waals surface area contributed by atoms with E-state index in [9.17, 15) is 14.4 Å². The second-order valence-electron chi connectivity index (χ2n) is 8.31. The van der Waals surface area contributed by atoms with Crippen molar-refractivity contribution in [3.63, 3.8) is 0 Å². The molecule has 1 fully saturated rings. The zero-order chi connectivity index (χ0) is 24.3. The molecule has 0 radical (unpaired) electrons. The maximum atomic E-state index is 12.7. The summed E-state index contributed by atoms with van der Waals surface area (Å²) in [7, 11) is 0. The molecule has 0 saturated carbocycles. The number of rotatable bonds is 10. The fraction of sp³-hybridized carbons (Fsp3) is 0.346. The molecule has 1 aliphatic rings. The lowest BCUT2D eigenvalue weighted by Gasteiger charge is -2.26. The molecule has 0 bridgehead atoms. The van der Waals surface area contributed by atoms with Gasteiger partial charge in [-0.15, -0.1) is 0 Å². The third-order valence-electron chi connectivity index (χ3n) is 5.65. The first-order valence-electron chi connectivity index (χ1n) is 11.5. The second kappa shape index (κ2) is 12.7. The lowest BCUT2D eigenvalue weighted by molar-refractivity contribution is -0.121. The summed E-state index contributed by atoms with van der Waals surface area (Å²) in [4.78, 5) is 38.4. The van der Waals surface area contributed by atoms with Gasteiger partial charge in [0.1, 0.15) is 0 Å². The van der Waals surface area contributed by atoms with E-state index in [-0.39, 0.29) is 11.8 Å². The summed E-state index contributed by atoms with van der Waals surface area (Å²) in [5.41, 5.74) is 14.5. The van der Waals surface area contributed by atoms with Gasteiger partial charge in [-0.25, -0.2) is 0 Å². The Bertz CT molecular complexity index is 999. The van der Waals surface area contributed by atoms with E-state index in [1.165, 1.54) is 11.6 Å². The molecule has 34 heavy (non-hydrogen) atoms. The number of ether oxygens (including phenoxy) is 1. The second-order valence-corrected chi connectivity index (χ2v) is 8.31. The lowest BCUT2D eigenvalue weighted by Crippen LogP contribution is -2.42. The van der Waals surface area contributed by atoms with Crippen molar-refractivity contribution in [2.45, 2.75) is 31.7 Å². The molecule has 0 spiro atoms. The van der Waals surface area contributed by atoms with E-state index in [2.05, 4.69) is 5.32 Å². The van der Waals surface area contributed by atoms with Crippen LogP contribution in [0.1, 0.15) is 34.3 Å². The molecule has 3 amide bonds. The number of hydrogen-bond donors (Lipinski definition) is 3. The smallest absolute Gasteiger partial charge is 0.254 e. The molecule has 0 aromatic heterocycles. The summed E-state index contributed by atoms with van der Waals surface area (Å²) >= 11 is 0. The van der Waals surface area contributed by atoms with E-state index < -0.39 is 11.9 Å². The number of primary amides is 1. The molecule has 180 valence electrons. The fourth-order valence-corrected chi connectivity index (χ4v) is 3.80. The van der Waals surface area contributed by atoms with Gasteiger partial charge in [0.15, 0.2) is 0 Å². The molecular formula is C26H32N4O4. The summed E-state index contributed by atoms with van der Waals surface area (Å²) < 4.78 is 5.29. The monoisotopic (exact) mass is 464 g/mol. The number of nitrogens with zero attached hydrogens (tertiary/aromatic N) is 1. The first-order chi connectivity index (χ1) is 16.4. The van der Waals surface area contributed by atoms with Gasteiger partial charge in [0, 0.05) is 30.4 Å². The maximum absolute atomic E-state index is 12.7. The third kappa shape index (κ3) is 7.83. The van der Waals surface area contributed by atoms with Gasteiger partial charge >= 0.3 is 0 Å². The average Bonchev–Trinajstić information content (AvgIpc) is 2.85. The lowest BCUT2D eigenvalue weighted by atomic mass is 10.0. The van der Waals surface area contributed by atoms with Crippen LogP contribution in [0.5, 0.6) is 0 Å².